The quantitative estimate of drug-likeness (QED) is 0.324. The fourth-order valence-electron chi connectivity index (χ4n) is 5.00. The molecule has 0 aromatic heterocycles. The molecule has 11 heteroatoms. The van der Waals surface area contributed by atoms with E-state index in [1.165, 1.54) is 11.2 Å². The minimum absolute atomic E-state index is 0.0246. The van der Waals surface area contributed by atoms with Crippen molar-refractivity contribution in [3.05, 3.63) is 53.6 Å². The number of nitrogens with zero attached hydrogens (tertiary/aromatic N) is 3. The van der Waals surface area contributed by atoms with Crippen LogP contribution >= 0.6 is 0 Å². The predicted octanol–water partition coefficient (Wildman–Crippen LogP) is 3.02. The predicted molar refractivity (Wildman–Crippen MR) is 147 cm³/mol. The second-order valence-electron chi connectivity index (χ2n) is 9.88. The van der Waals surface area contributed by atoms with Gasteiger partial charge in [0.05, 0.1) is 29.4 Å². The highest BCUT2D eigenvalue weighted by atomic mass is 32.2. The maximum absolute atomic E-state index is 13.9. The summed E-state index contributed by atoms with van der Waals surface area (Å²) in [6.45, 7) is 6.88. The molecule has 2 heterocycles. The largest absolute Gasteiger partial charge is 0.494 e. The molecule has 2 aromatic rings. The van der Waals surface area contributed by atoms with Crippen LogP contribution in [0, 0.1) is 11.8 Å². The Morgan fingerprint density at radius 3 is 2.72 bits per heavy atom. The van der Waals surface area contributed by atoms with E-state index >= 15 is 0 Å². The third-order valence-electron chi connectivity index (χ3n) is 6.94. The second kappa shape index (κ2) is 12.1. The number of fused-ring (bicyclic) bond motifs is 1. The highest BCUT2D eigenvalue weighted by Gasteiger charge is 2.40. The van der Waals surface area contributed by atoms with E-state index in [1.54, 1.807) is 22.9 Å². The molecule has 1 saturated heterocycles. The van der Waals surface area contributed by atoms with Crippen LogP contribution in [0.4, 0.5) is 5.69 Å². The number of nitrogens with one attached hydrogen (secondary N) is 1. The lowest BCUT2D eigenvalue weighted by Crippen LogP contribution is -2.30. The molecule has 4 rings (SSSR count). The zero-order chi connectivity index (χ0) is 28.2. The van der Waals surface area contributed by atoms with Crippen molar-refractivity contribution in [2.24, 2.45) is 16.9 Å². The van der Waals surface area contributed by atoms with Crippen LogP contribution in [-0.2, 0) is 26.0 Å². The molecular weight excluding hydrogens is 520 g/mol. The summed E-state index contributed by atoms with van der Waals surface area (Å²) >= 11 is 0. The molecule has 39 heavy (non-hydrogen) atoms. The molecular formula is C28H35N4O6S+. The molecule has 10 nitrogen and oxygen atoms in total. The number of sulfonamides is 1. The standard InChI is InChI=1S/C28H34N4O6S/c1-4-38-23-11-12-27(21(14-23)8-7-13-29-20(3)33)39(36,37)31-16-19(2)22(17-31)18-32-26-10-6-5-9-24(26)25(30-32)15-28(34)35/h5-6,9-12,14,18-19,22H,4,7-8,13,15-17H2,1-3H3,(H-,29,33,34,35)/p+1/b32-18+/t19-,22?/m1/s1. The number of hydrogen-bond donors (Lipinski definition) is 2. The number of hydrazone groups is 1. The molecule has 2 N–H and O–H groups in total. The number of aliphatic carboxylic acids is 1. The number of amides is 1. The van der Waals surface area contributed by atoms with E-state index in [0.717, 1.165) is 11.3 Å². The fourth-order valence-corrected chi connectivity index (χ4v) is 6.81. The van der Waals surface area contributed by atoms with Gasteiger partial charge in [-0.1, -0.05) is 23.7 Å². The van der Waals surface area contributed by atoms with Gasteiger partial charge in [0, 0.05) is 37.7 Å². The summed E-state index contributed by atoms with van der Waals surface area (Å²) in [5.41, 5.74) is 2.69. The third-order valence-corrected chi connectivity index (χ3v) is 8.87. The van der Waals surface area contributed by atoms with Gasteiger partial charge < -0.3 is 15.2 Å². The lowest BCUT2D eigenvalue weighted by Gasteiger charge is -2.19. The van der Waals surface area contributed by atoms with Gasteiger partial charge >= 0.3 is 5.97 Å². The van der Waals surface area contributed by atoms with Crippen molar-refractivity contribution >= 4 is 39.5 Å². The SMILES string of the molecule is CCOc1ccc(S(=O)(=O)N2CC(/C=[N+]3/N=C(CC(=O)O)c4ccccc43)[C@H](C)C2)c(CCCNC(C)=O)c1. The van der Waals surface area contributed by atoms with Crippen LogP contribution in [-0.4, -0.2) is 72.6 Å². The molecule has 208 valence electrons. The van der Waals surface area contributed by atoms with Crippen LogP contribution < -0.4 is 10.1 Å². The number of aryl methyl sites for hydroxylation is 1. The van der Waals surface area contributed by atoms with Crippen molar-refractivity contribution in [3.8, 4) is 5.75 Å². The zero-order valence-electron chi connectivity index (χ0n) is 22.5. The summed E-state index contributed by atoms with van der Waals surface area (Å²) < 4.78 is 36.5. The van der Waals surface area contributed by atoms with Crippen LogP contribution in [0.1, 0.15) is 44.7 Å². The average molecular weight is 556 g/mol. The van der Waals surface area contributed by atoms with E-state index < -0.39 is 16.0 Å². The van der Waals surface area contributed by atoms with Crippen molar-refractivity contribution in [2.45, 2.75) is 44.9 Å². The summed E-state index contributed by atoms with van der Waals surface area (Å²) in [6.07, 6.45) is 2.78. The Kier molecular flexibility index (Phi) is 8.81. The topological polar surface area (TPSA) is 128 Å². The van der Waals surface area contributed by atoms with Crippen molar-refractivity contribution in [1.29, 1.82) is 0 Å². The number of benzene rings is 2. The molecule has 0 spiro atoms. The molecule has 0 bridgehead atoms. The molecule has 0 saturated carbocycles. The van der Waals surface area contributed by atoms with Crippen LogP contribution in [0.5, 0.6) is 5.75 Å². The number of carboxylic acids is 1. The van der Waals surface area contributed by atoms with Gasteiger partial charge in [0.15, 0.2) is 6.21 Å². The lowest BCUT2D eigenvalue weighted by molar-refractivity contribution is -0.438. The van der Waals surface area contributed by atoms with Gasteiger partial charge in [-0.3, -0.25) is 9.59 Å². The molecule has 1 unspecified atom stereocenters. The zero-order valence-corrected chi connectivity index (χ0v) is 23.3. The maximum Gasteiger partial charge on any atom is 0.309 e. The van der Waals surface area contributed by atoms with Gasteiger partial charge in [-0.2, -0.15) is 4.31 Å². The number of carboxylic acid groups (broad SMARTS) is 1. The number of carbonyl (C=O) groups excluding carboxylic acids is 1. The lowest BCUT2D eigenvalue weighted by atomic mass is 9.99. The van der Waals surface area contributed by atoms with E-state index in [2.05, 4.69) is 10.4 Å². The highest BCUT2D eigenvalue weighted by molar-refractivity contribution is 7.89. The molecule has 1 amide bonds. The number of ether oxygens (including phenoxy) is 1. The molecule has 0 radical (unpaired) electrons. The molecule has 2 aliphatic rings. The average Bonchev–Trinajstić information content (AvgIpc) is 3.42. The summed E-state index contributed by atoms with van der Waals surface area (Å²) in [5, 5.41) is 16.6. The van der Waals surface area contributed by atoms with Gasteiger partial charge in [0.1, 0.15) is 11.5 Å². The molecule has 2 aliphatic heterocycles. The Hall–Kier alpha value is -3.57. The van der Waals surface area contributed by atoms with E-state index in [4.69, 9.17) is 4.74 Å². The monoisotopic (exact) mass is 555 g/mol. The minimum Gasteiger partial charge on any atom is -0.494 e. The Labute approximate surface area is 229 Å². The van der Waals surface area contributed by atoms with E-state index in [-0.39, 0.29) is 35.6 Å². The summed E-state index contributed by atoms with van der Waals surface area (Å²) in [7, 11) is -3.80. The van der Waals surface area contributed by atoms with Crippen LogP contribution in [0.2, 0.25) is 0 Å². The summed E-state index contributed by atoms with van der Waals surface area (Å²) in [4.78, 5) is 22.8. The Morgan fingerprint density at radius 2 is 2.00 bits per heavy atom. The third kappa shape index (κ3) is 6.54. The van der Waals surface area contributed by atoms with Crippen LogP contribution in [0.3, 0.4) is 0 Å². The molecule has 1 fully saturated rings. The summed E-state index contributed by atoms with van der Waals surface area (Å²) in [5.74, 6) is -0.572. The molecule has 2 atom stereocenters. The first-order chi connectivity index (χ1) is 18.6. The van der Waals surface area contributed by atoms with Crippen molar-refractivity contribution in [1.82, 2.24) is 9.62 Å². The maximum atomic E-state index is 13.9. The van der Waals surface area contributed by atoms with E-state index in [9.17, 15) is 23.1 Å². The van der Waals surface area contributed by atoms with E-state index in [0.29, 0.717) is 49.6 Å². The molecule has 0 aliphatic carbocycles. The van der Waals surface area contributed by atoms with Crippen molar-refractivity contribution in [3.63, 3.8) is 0 Å². The highest BCUT2D eigenvalue weighted by Crippen LogP contribution is 2.33. The van der Waals surface area contributed by atoms with Gasteiger partial charge in [0.25, 0.3) is 0 Å². The summed E-state index contributed by atoms with van der Waals surface area (Å²) in [6, 6.07) is 12.5. The van der Waals surface area contributed by atoms with Gasteiger partial charge in [-0.05, 0) is 55.5 Å². The Balaban J connectivity index is 1.58. The van der Waals surface area contributed by atoms with Crippen LogP contribution in [0.25, 0.3) is 0 Å². The van der Waals surface area contributed by atoms with Gasteiger partial charge in [-0.25, -0.2) is 8.42 Å². The smallest absolute Gasteiger partial charge is 0.309 e. The first-order valence-corrected chi connectivity index (χ1v) is 14.6. The molecule has 2 aromatic carbocycles. The van der Waals surface area contributed by atoms with E-state index in [1.807, 2.05) is 44.3 Å². The van der Waals surface area contributed by atoms with Gasteiger partial charge in [-0.15, -0.1) is 0 Å². The number of hydrogen-bond acceptors (Lipinski definition) is 6. The first-order valence-electron chi connectivity index (χ1n) is 13.1. The number of carbonyl (C=O) groups is 2. The Morgan fingerprint density at radius 1 is 1.23 bits per heavy atom. The van der Waals surface area contributed by atoms with Gasteiger partial charge in [0.2, 0.25) is 21.6 Å². The Bertz CT molecular complexity index is 1420. The second-order valence-corrected chi connectivity index (χ2v) is 11.8. The number of rotatable bonds is 11. The minimum atomic E-state index is -3.80. The number of para-hydroxylation sites is 1. The van der Waals surface area contributed by atoms with Crippen molar-refractivity contribution < 1.29 is 32.5 Å². The van der Waals surface area contributed by atoms with Crippen LogP contribution in [0.15, 0.2) is 52.5 Å². The normalized spacial score (nSPS) is 20.1. The fraction of sp³-hybridized carbons (Fsp3) is 0.429. The first kappa shape index (κ1) is 28.4. The van der Waals surface area contributed by atoms with Crippen molar-refractivity contribution in [2.75, 3.05) is 26.2 Å².